The highest BCUT2D eigenvalue weighted by atomic mass is 32.2. The minimum Gasteiger partial charge on any atom is -0.346 e. The summed E-state index contributed by atoms with van der Waals surface area (Å²) in [5.41, 5.74) is 2.91. The van der Waals surface area contributed by atoms with E-state index in [2.05, 4.69) is 35.8 Å². The van der Waals surface area contributed by atoms with Crippen molar-refractivity contribution in [2.75, 3.05) is 6.26 Å². The molecule has 0 aromatic heterocycles. The van der Waals surface area contributed by atoms with Crippen molar-refractivity contribution in [3.63, 3.8) is 0 Å². The molecule has 0 spiro atoms. The van der Waals surface area contributed by atoms with Gasteiger partial charge in [0.25, 0.3) is 5.91 Å². The maximum Gasteiger partial charge on any atom is 0.251 e. The lowest BCUT2D eigenvalue weighted by atomic mass is 10.1. The number of hydrogen-bond donors (Lipinski definition) is 1. The van der Waals surface area contributed by atoms with Crippen LogP contribution in [-0.2, 0) is 0 Å². The summed E-state index contributed by atoms with van der Waals surface area (Å²) in [5, 5.41) is 3.03. The summed E-state index contributed by atoms with van der Waals surface area (Å²) in [5.74, 6) is -0.0323. The van der Waals surface area contributed by atoms with Gasteiger partial charge in [-0.3, -0.25) is 4.79 Å². The quantitative estimate of drug-likeness (QED) is 0.853. The molecule has 0 saturated heterocycles. The average molecular weight is 285 g/mol. The Morgan fingerprint density at radius 1 is 1.15 bits per heavy atom. The second-order valence-electron chi connectivity index (χ2n) is 4.84. The summed E-state index contributed by atoms with van der Waals surface area (Å²) in [4.78, 5) is 13.4. The Morgan fingerprint density at radius 3 is 2.45 bits per heavy atom. The molecule has 2 nitrogen and oxygen atoms in total. The van der Waals surface area contributed by atoms with Gasteiger partial charge in [-0.15, -0.1) is 11.8 Å². The predicted molar refractivity (Wildman–Crippen MR) is 85.3 cm³/mol. The Labute approximate surface area is 124 Å². The van der Waals surface area contributed by atoms with Crippen LogP contribution in [0.2, 0.25) is 0 Å². The number of benzene rings is 2. The maximum atomic E-state index is 12.2. The zero-order valence-corrected chi connectivity index (χ0v) is 12.8. The van der Waals surface area contributed by atoms with Crippen molar-refractivity contribution in [3.8, 4) is 0 Å². The van der Waals surface area contributed by atoms with Crippen molar-refractivity contribution in [2.45, 2.75) is 24.8 Å². The van der Waals surface area contributed by atoms with Gasteiger partial charge in [-0.05, 0) is 49.9 Å². The fraction of sp³-hybridized carbons (Fsp3) is 0.235. The first-order chi connectivity index (χ1) is 9.60. The van der Waals surface area contributed by atoms with Crippen LogP contribution in [0.25, 0.3) is 0 Å². The van der Waals surface area contributed by atoms with Gasteiger partial charge in [-0.2, -0.15) is 0 Å². The summed E-state index contributed by atoms with van der Waals surface area (Å²) in [6.45, 7) is 3.99. The standard InChI is InChI=1S/C17H19NOS/c1-12-5-4-6-15(11-12)17(19)18-13(2)14-7-9-16(20-3)10-8-14/h4-11,13H,1-3H3,(H,18,19)/t13-/m0/s1. The first-order valence-electron chi connectivity index (χ1n) is 6.61. The molecule has 0 aliphatic heterocycles. The number of amides is 1. The maximum absolute atomic E-state index is 12.2. The predicted octanol–water partition coefficient (Wildman–Crippen LogP) is 4.21. The van der Waals surface area contributed by atoms with E-state index in [0.717, 1.165) is 11.1 Å². The number of aryl methyl sites for hydroxylation is 1. The molecule has 0 heterocycles. The molecule has 104 valence electrons. The van der Waals surface area contributed by atoms with E-state index in [9.17, 15) is 4.79 Å². The summed E-state index contributed by atoms with van der Waals surface area (Å²) < 4.78 is 0. The van der Waals surface area contributed by atoms with E-state index in [1.807, 2.05) is 38.1 Å². The van der Waals surface area contributed by atoms with Crippen molar-refractivity contribution in [3.05, 3.63) is 65.2 Å². The third-order valence-electron chi connectivity index (χ3n) is 3.24. The summed E-state index contributed by atoms with van der Waals surface area (Å²) >= 11 is 1.71. The van der Waals surface area contributed by atoms with Crippen molar-refractivity contribution in [1.29, 1.82) is 0 Å². The second-order valence-corrected chi connectivity index (χ2v) is 5.72. The minimum atomic E-state index is -0.0323. The van der Waals surface area contributed by atoms with Gasteiger partial charge in [0.05, 0.1) is 6.04 Å². The SMILES string of the molecule is CSc1ccc([C@H](C)NC(=O)c2cccc(C)c2)cc1. The number of carbonyl (C=O) groups excluding carboxylic acids is 1. The Bertz CT molecular complexity index is 592. The van der Waals surface area contributed by atoms with Crippen LogP contribution in [0.3, 0.4) is 0 Å². The minimum absolute atomic E-state index is 0.00100. The van der Waals surface area contributed by atoms with Crippen LogP contribution in [0.5, 0.6) is 0 Å². The van der Waals surface area contributed by atoms with Gasteiger partial charge in [0.2, 0.25) is 0 Å². The molecule has 0 fully saturated rings. The average Bonchev–Trinajstić information content (AvgIpc) is 2.47. The molecule has 3 heteroatoms. The fourth-order valence-electron chi connectivity index (χ4n) is 2.04. The molecule has 0 aliphatic rings. The third-order valence-corrected chi connectivity index (χ3v) is 3.99. The largest absolute Gasteiger partial charge is 0.346 e. The number of carbonyl (C=O) groups is 1. The lowest BCUT2D eigenvalue weighted by molar-refractivity contribution is 0.0940. The summed E-state index contributed by atoms with van der Waals surface area (Å²) in [7, 11) is 0. The summed E-state index contributed by atoms with van der Waals surface area (Å²) in [6, 6.07) is 15.9. The van der Waals surface area contributed by atoms with Gasteiger partial charge >= 0.3 is 0 Å². The molecular weight excluding hydrogens is 266 g/mol. The van der Waals surface area contributed by atoms with E-state index < -0.39 is 0 Å². The third kappa shape index (κ3) is 3.64. The van der Waals surface area contributed by atoms with Crippen LogP contribution < -0.4 is 5.32 Å². The zero-order chi connectivity index (χ0) is 14.5. The van der Waals surface area contributed by atoms with Crippen LogP contribution in [0.15, 0.2) is 53.4 Å². The van der Waals surface area contributed by atoms with Gasteiger partial charge in [0, 0.05) is 10.5 Å². The van der Waals surface area contributed by atoms with Gasteiger partial charge in [-0.25, -0.2) is 0 Å². The van der Waals surface area contributed by atoms with Crippen molar-refractivity contribution >= 4 is 17.7 Å². The first-order valence-corrected chi connectivity index (χ1v) is 7.84. The molecule has 0 unspecified atom stereocenters. The lowest BCUT2D eigenvalue weighted by Crippen LogP contribution is -2.26. The van der Waals surface area contributed by atoms with E-state index in [4.69, 9.17) is 0 Å². The second kappa shape index (κ2) is 6.62. The van der Waals surface area contributed by atoms with Crippen LogP contribution in [-0.4, -0.2) is 12.2 Å². The fourth-order valence-corrected chi connectivity index (χ4v) is 2.45. The molecular formula is C17H19NOS. The molecule has 2 rings (SSSR count). The highest BCUT2D eigenvalue weighted by Gasteiger charge is 2.11. The lowest BCUT2D eigenvalue weighted by Gasteiger charge is -2.15. The van der Waals surface area contributed by atoms with Gasteiger partial charge in [-0.1, -0.05) is 29.8 Å². The molecule has 0 bridgehead atoms. The van der Waals surface area contributed by atoms with Crippen LogP contribution in [0.4, 0.5) is 0 Å². The number of nitrogens with one attached hydrogen (secondary N) is 1. The Balaban J connectivity index is 2.06. The highest BCUT2D eigenvalue weighted by molar-refractivity contribution is 7.98. The zero-order valence-electron chi connectivity index (χ0n) is 12.0. The molecule has 2 aromatic carbocycles. The van der Waals surface area contributed by atoms with E-state index in [1.165, 1.54) is 4.90 Å². The number of hydrogen-bond acceptors (Lipinski definition) is 2. The van der Waals surface area contributed by atoms with Crippen LogP contribution in [0, 0.1) is 6.92 Å². The molecule has 1 amide bonds. The molecule has 0 aliphatic carbocycles. The number of rotatable bonds is 4. The molecule has 1 atom stereocenters. The van der Waals surface area contributed by atoms with Gasteiger partial charge in [0.1, 0.15) is 0 Å². The first kappa shape index (κ1) is 14.7. The Morgan fingerprint density at radius 2 is 1.85 bits per heavy atom. The molecule has 20 heavy (non-hydrogen) atoms. The number of thioether (sulfide) groups is 1. The van der Waals surface area contributed by atoms with E-state index in [0.29, 0.717) is 5.56 Å². The van der Waals surface area contributed by atoms with Crippen molar-refractivity contribution in [1.82, 2.24) is 5.32 Å². The molecule has 0 saturated carbocycles. The monoisotopic (exact) mass is 285 g/mol. The van der Waals surface area contributed by atoms with Crippen molar-refractivity contribution in [2.24, 2.45) is 0 Å². The topological polar surface area (TPSA) is 29.1 Å². The smallest absolute Gasteiger partial charge is 0.251 e. The molecule has 1 N–H and O–H groups in total. The van der Waals surface area contributed by atoms with Crippen molar-refractivity contribution < 1.29 is 4.79 Å². The molecule has 2 aromatic rings. The van der Waals surface area contributed by atoms with Crippen LogP contribution >= 0.6 is 11.8 Å². The van der Waals surface area contributed by atoms with E-state index in [-0.39, 0.29) is 11.9 Å². The highest BCUT2D eigenvalue weighted by Crippen LogP contribution is 2.19. The van der Waals surface area contributed by atoms with Gasteiger partial charge < -0.3 is 5.32 Å². The Kier molecular flexibility index (Phi) is 4.85. The van der Waals surface area contributed by atoms with Crippen LogP contribution in [0.1, 0.15) is 34.5 Å². The normalized spacial score (nSPS) is 11.9. The summed E-state index contributed by atoms with van der Waals surface area (Å²) in [6.07, 6.45) is 2.05. The van der Waals surface area contributed by atoms with E-state index in [1.54, 1.807) is 11.8 Å². The molecule has 0 radical (unpaired) electrons. The Hall–Kier alpha value is -1.74. The van der Waals surface area contributed by atoms with E-state index >= 15 is 0 Å². The van der Waals surface area contributed by atoms with Gasteiger partial charge in [0.15, 0.2) is 0 Å².